The standard InChI is InChI=1S/C15H12BF3N2OS/c1-9-3-2-4-13(14(9)23)21-16(22)12-7-11(15(17,18)19)6-5-10(12)8-20-21/h2-8,22-23H,1H3. The number of halogens is 3. The molecule has 0 aliphatic carbocycles. The molecular weight excluding hydrogens is 324 g/mol. The molecule has 0 atom stereocenters. The van der Waals surface area contributed by atoms with Gasteiger partial charge in [0, 0.05) is 4.90 Å². The molecule has 3 rings (SSSR count). The molecule has 0 aromatic heterocycles. The van der Waals surface area contributed by atoms with Gasteiger partial charge in [-0.05, 0) is 35.6 Å². The van der Waals surface area contributed by atoms with Crippen LogP contribution < -0.4 is 10.4 Å². The maximum absolute atomic E-state index is 12.9. The fraction of sp³-hybridized carbons (Fsp3) is 0.133. The minimum atomic E-state index is -4.47. The van der Waals surface area contributed by atoms with Gasteiger partial charge >= 0.3 is 13.2 Å². The summed E-state index contributed by atoms with van der Waals surface area (Å²) in [5.41, 5.74) is 1.21. The number of alkyl halides is 3. The zero-order chi connectivity index (χ0) is 16.8. The van der Waals surface area contributed by atoms with E-state index in [1.807, 2.05) is 13.0 Å². The van der Waals surface area contributed by atoms with Gasteiger partial charge in [0.1, 0.15) is 0 Å². The first kappa shape index (κ1) is 16.0. The quantitative estimate of drug-likeness (QED) is 0.621. The molecule has 0 spiro atoms. The fourth-order valence-corrected chi connectivity index (χ4v) is 2.69. The third kappa shape index (κ3) is 2.84. The average molecular weight is 336 g/mol. The highest BCUT2D eigenvalue weighted by Crippen LogP contribution is 2.31. The number of benzene rings is 2. The van der Waals surface area contributed by atoms with E-state index in [0.717, 1.165) is 17.7 Å². The van der Waals surface area contributed by atoms with Crippen molar-refractivity contribution in [1.82, 2.24) is 0 Å². The summed E-state index contributed by atoms with van der Waals surface area (Å²) in [6.45, 7) is 1.85. The van der Waals surface area contributed by atoms with Gasteiger partial charge in [0.25, 0.3) is 0 Å². The number of aryl methyl sites for hydroxylation is 1. The van der Waals surface area contributed by atoms with Crippen LogP contribution in [0.2, 0.25) is 0 Å². The lowest BCUT2D eigenvalue weighted by molar-refractivity contribution is -0.137. The third-order valence-electron chi connectivity index (χ3n) is 3.71. The number of nitrogens with zero attached hydrogens (tertiary/aromatic N) is 2. The number of anilines is 1. The molecule has 1 heterocycles. The summed E-state index contributed by atoms with van der Waals surface area (Å²) in [7, 11) is -1.31. The molecule has 23 heavy (non-hydrogen) atoms. The van der Waals surface area contributed by atoms with Crippen molar-refractivity contribution in [3.05, 3.63) is 53.1 Å². The summed E-state index contributed by atoms with van der Waals surface area (Å²) in [5, 5.41) is 14.6. The predicted octanol–water partition coefficient (Wildman–Crippen LogP) is 2.84. The van der Waals surface area contributed by atoms with Crippen LogP contribution >= 0.6 is 12.6 Å². The molecule has 118 valence electrons. The molecule has 3 nitrogen and oxygen atoms in total. The van der Waals surface area contributed by atoms with Crippen LogP contribution in [0, 0.1) is 6.92 Å². The number of thiol groups is 1. The molecule has 0 bridgehead atoms. The summed E-state index contributed by atoms with van der Waals surface area (Å²) in [6.07, 6.45) is -3.04. The maximum Gasteiger partial charge on any atom is 0.471 e. The SMILES string of the molecule is Cc1cccc(N2N=Cc3ccc(C(F)(F)F)cc3B2O)c1S. The molecule has 0 unspecified atom stereocenters. The molecular formula is C15H12BF3N2OS. The first-order valence-electron chi connectivity index (χ1n) is 6.80. The minimum Gasteiger partial charge on any atom is -0.427 e. The Morgan fingerprint density at radius 3 is 2.65 bits per heavy atom. The number of hydrogen-bond acceptors (Lipinski definition) is 4. The summed E-state index contributed by atoms with van der Waals surface area (Å²) in [6, 6.07) is 8.56. The summed E-state index contributed by atoms with van der Waals surface area (Å²) in [5.74, 6) is 0. The largest absolute Gasteiger partial charge is 0.471 e. The van der Waals surface area contributed by atoms with Crippen LogP contribution in [0.3, 0.4) is 0 Å². The minimum absolute atomic E-state index is 0.157. The Morgan fingerprint density at radius 1 is 1.22 bits per heavy atom. The highest BCUT2D eigenvalue weighted by atomic mass is 32.1. The molecule has 0 saturated carbocycles. The van der Waals surface area contributed by atoms with E-state index in [1.165, 1.54) is 17.2 Å². The third-order valence-corrected chi connectivity index (χ3v) is 4.29. The van der Waals surface area contributed by atoms with Crippen LogP contribution in [-0.2, 0) is 6.18 Å². The molecule has 8 heteroatoms. The summed E-state index contributed by atoms with van der Waals surface area (Å²) >= 11 is 4.39. The van der Waals surface area contributed by atoms with Crippen LogP contribution in [0.1, 0.15) is 16.7 Å². The average Bonchev–Trinajstić information content (AvgIpc) is 2.50. The van der Waals surface area contributed by atoms with Crippen molar-refractivity contribution in [1.29, 1.82) is 0 Å². The second kappa shape index (κ2) is 5.61. The van der Waals surface area contributed by atoms with E-state index in [2.05, 4.69) is 17.7 Å². The van der Waals surface area contributed by atoms with E-state index in [0.29, 0.717) is 16.1 Å². The normalized spacial score (nSPS) is 14.2. The van der Waals surface area contributed by atoms with Gasteiger partial charge in [-0.25, -0.2) is 0 Å². The predicted molar refractivity (Wildman–Crippen MR) is 87.6 cm³/mol. The maximum atomic E-state index is 12.9. The Hall–Kier alpha value is -1.93. The molecule has 0 fully saturated rings. The zero-order valence-corrected chi connectivity index (χ0v) is 12.9. The molecule has 1 N–H and O–H groups in total. The van der Waals surface area contributed by atoms with Crippen LogP contribution in [-0.4, -0.2) is 18.3 Å². The second-order valence-corrected chi connectivity index (χ2v) is 5.69. The summed E-state index contributed by atoms with van der Waals surface area (Å²) < 4.78 is 38.6. The van der Waals surface area contributed by atoms with Crippen molar-refractivity contribution in [3.8, 4) is 0 Å². The van der Waals surface area contributed by atoms with Gasteiger partial charge in [0.05, 0.1) is 17.5 Å². The van der Waals surface area contributed by atoms with Crippen LogP contribution in [0.5, 0.6) is 0 Å². The highest BCUT2D eigenvalue weighted by molar-refractivity contribution is 7.80. The van der Waals surface area contributed by atoms with Gasteiger partial charge in [-0.1, -0.05) is 24.3 Å². The molecule has 0 radical (unpaired) electrons. The van der Waals surface area contributed by atoms with E-state index in [-0.39, 0.29) is 5.46 Å². The van der Waals surface area contributed by atoms with Gasteiger partial charge in [-0.3, -0.25) is 4.92 Å². The Morgan fingerprint density at radius 2 is 1.96 bits per heavy atom. The van der Waals surface area contributed by atoms with Gasteiger partial charge in [-0.2, -0.15) is 18.3 Å². The van der Waals surface area contributed by atoms with Crippen LogP contribution in [0.15, 0.2) is 46.4 Å². The van der Waals surface area contributed by atoms with Gasteiger partial charge in [0.2, 0.25) is 0 Å². The highest BCUT2D eigenvalue weighted by Gasteiger charge is 2.36. The van der Waals surface area contributed by atoms with Crippen molar-refractivity contribution in [3.63, 3.8) is 0 Å². The van der Waals surface area contributed by atoms with Crippen LogP contribution in [0.25, 0.3) is 0 Å². The Bertz CT molecular complexity index is 795. The molecule has 1 aliphatic rings. The molecule has 2 aromatic carbocycles. The number of rotatable bonds is 1. The lowest BCUT2D eigenvalue weighted by Crippen LogP contribution is -2.50. The molecule has 0 saturated heterocycles. The molecule has 1 aliphatic heterocycles. The van der Waals surface area contributed by atoms with Gasteiger partial charge in [-0.15, -0.1) is 12.6 Å². The Labute approximate surface area is 137 Å². The second-order valence-electron chi connectivity index (χ2n) is 5.25. The zero-order valence-electron chi connectivity index (χ0n) is 12.0. The van der Waals surface area contributed by atoms with E-state index in [4.69, 9.17) is 0 Å². The van der Waals surface area contributed by atoms with E-state index >= 15 is 0 Å². The van der Waals surface area contributed by atoms with Gasteiger partial charge < -0.3 is 5.02 Å². The number of fused-ring (bicyclic) bond motifs is 1. The van der Waals surface area contributed by atoms with Crippen molar-refractivity contribution < 1.29 is 18.2 Å². The fourth-order valence-electron chi connectivity index (χ4n) is 2.43. The Kier molecular flexibility index (Phi) is 3.89. The van der Waals surface area contributed by atoms with Crippen molar-refractivity contribution in [2.24, 2.45) is 5.10 Å². The van der Waals surface area contributed by atoms with E-state index in [9.17, 15) is 18.2 Å². The number of hydrogen-bond donors (Lipinski definition) is 2. The van der Waals surface area contributed by atoms with Crippen molar-refractivity contribution in [2.45, 2.75) is 18.0 Å². The first-order chi connectivity index (χ1) is 10.8. The molecule has 0 amide bonds. The topological polar surface area (TPSA) is 35.8 Å². The monoisotopic (exact) mass is 336 g/mol. The smallest absolute Gasteiger partial charge is 0.427 e. The summed E-state index contributed by atoms with van der Waals surface area (Å²) in [4.78, 5) is 1.87. The lowest BCUT2D eigenvalue weighted by atomic mass is 9.69. The lowest BCUT2D eigenvalue weighted by Gasteiger charge is -2.28. The van der Waals surface area contributed by atoms with Crippen molar-refractivity contribution in [2.75, 3.05) is 4.92 Å². The number of hydrazone groups is 1. The van der Waals surface area contributed by atoms with E-state index in [1.54, 1.807) is 12.1 Å². The molecule has 2 aromatic rings. The van der Waals surface area contributed by atoms with Gasteiger partial charge in [0.15, 0.2) is 0 Å². The Balaban J connectivity index is 2.06. The van der Waals surface area contributed by atoms with Crippen LogP contribution in [0.4, 0.5) is 18.9 Å². The van der Waals surface area contributed by atoms with Crippen molar-refractivity contribution >= 4 is 37.0 Å². The first-order valence-corrected chi connectivity index (χ1v) is 7.25. The van der Waals surface area contributed by atoms with E-state index < -0.39 is 18.8 Å².